The van der Waals surface area contributed by atoms with Crippen LogP contribution in [0.5, 0.6) is 11.5 Å². The average Bonchev–Trinajstić information content (AvgIpc) is 3.03. The van der Waals surface area contributed by atoms with E-state index >= 15 is 0 Å². The number of benzene rings is 1. The number of likely N-dealkylation sites (N-methyl/N-ethyl adjacent to an activating group) is 1. The van der Waals surface area contributed by atoms with Crippen molar-refractivity contribution in [1.29, 1.82) is 0 Å². The normalized spacial score (nSPS) is 47.6. The first-order valence-corrected chi connectivity index (χ1v) is 11.0. The van der Waals surface area contributed by atoms with Crippen LogP contribution in [-0.4, -0.2) is 66.5 Å². The Morgan fingerprint density at radius 3 is 2.62 bits per heavy atom. The molecule has 1 aromatic rings. The number of piperidine rings is 1. The quantitative estimate of drug-likeness (QED) is 0.780. The van der Waals surface area contributed by atoms with E-state index < -0.39 is 16.8 Å². The molecule has 158 valence electrons. The van der Waals surface area contributed by atoms with Crippen LogP contribution in [0.1, 0.15) is 50.7 Å². The Morgan fingerprint density at radius 1 is 1.14 bits per heavy atom. The summed E-state index contributed by atoms with van der Waals surface area (Å²) in [6.45, 7) is 5.15. The second-order valence-corrected chi connectivity index (χ2v) is 9.88. The maximum atomic E-state index is 12.3. The summed E-state index contributed by atoms with van der Waals surface area (Å²) in [5, 5.41) is 12.3. The third-order valence-electron chi connectivity index (χ3n) is 8.40. The molecule has 6 heteroatoms. The summed E-state index contributed by atoms with van der Waals surface area (Å²) in [5.41, 5.74) is 1.01. The molecule has 2 unspecified atom stereocenters. The maximum Gasteiger partial charge on any atom is 0.207 e. The van der Waals surface area contributed by atoms with Gasteiger partial charge >= 0.3 is 0 Å². The van der Waals surface area contributed by atoms with Crippen LogP contribution in [0.4, 0.5) is 0 Å². The van der Waals surface area contributed by atoms with Crippen molar-refractivity contribution in [2.24, 2.45) is 0 Å². The van der Waals surface area contributed by atoms with Crippen molar-refractivity contribution in [1.82, 2.24) is 4.90 Å². The largest absolute Gasteiger partial charge is 0.493 e. The van der Waals surface area contributed by atoms with Crippen LogP contribution in [0.2, 0.25) is 0 Å². The fourth-order valence-electron chi connectivity index (χ4n) is 7.37. The number of aliphatic hydroxyl groups is 1. The van der Waals surface area contributed by atoms with E-state index in [0.717, 1.165) is 42.9 Å². The van der Waals surface area contributed by atoms with Crippen molar-refractivity contribution in [3.63, 3.8) is 0 Å². The first-order valence-electron chi connectivity index (χ1n) is 11.0. The monoisotopic (exact) mass is 401 g/mol. The molecule has 7 atom stereocenters. The lowest BCUT2D eigenvalue weighted by Gasteiger charge is -2.66. The highest BCUT2D eigenvalue weighted by atomic mass is 16.7. The lowest BCUT2D eigenvalue weighted by molar-refractivity contribution is -0.378. The van der Waals surface area contributed by atoms with Gasteiger partial charge in [-0.1, -0.05) is 6.07 Å². The Kier molecular flexibility index (Phi) is 3.60. The van der Waals surface area contributed by atoms with Gasteiger partial charge in [0.05, 0.1) is 30.3 Å². The minimum absolute atomic E-state index is 0.0741. The van der Waals surface area contributed by atoms with Gasteiger partial charge in [-0.2, -0.15) is 0 Å². The number of likely N-dealkylation sites (tertiary alicyclic amines) is 1. The van der Waals surface area contributed by atoms with Crippen molar-refractivity contribution < 1.29 is 24.1 Å². The molecule has 2 bridgehead atoms. The predicted octanol–water partition coefficient (Wildman–Crippen LogP) is 2.39. The molecule has 0 amide bonds. The standard InChI is InChI=1S/C23H31NO5/c1-13-11-14(2)29-23(28-13)8-7-22(25)17-12-15-5-6-16(26-4)19-18(15)21(22,20(23)27-19)9-10-24(17)3/h5-6,13-14,17,20,25H,7-12H2,1-4H3/t13-,14+,17-,20?,21+,22?,23-/m1/s1. The van der Waals surface area contributed by atoms with Gasteiger partial charge in [0.25, 0.3) is 0 Å². The van der Waals surface area contributed by atoms with E-state index in [4.69, 9.17) is 18.9 Å². The first-order chi connectivity index (χ1) is 13.8. The molecule has 1 aromatic carbocycles. The molecular formula is C23H31NO5. The van der Waals surface area contributed by atoms with Crippen LogP contribution < -0.4 is 9.47 Å². The van der Waals surface area contributed by atoms with Crippen molar-refractivity contribution >= 4 is 0 Å². The third kappa shape index (κ3) is 2.02. The first kappa shape index (κ1) is 18.4. The highest BCUT2D eigenvalue weighted by Gasteiger charge is 2.77. The van der Waals surface area contributed by atoms with Gasteiger partial charge in [-0.15, -0.1) is 0 Å². The lowest BCUT2D eigenvalue weighted by Crippen LogP contribution is -2.80. The van der Waals surface area contributed by atoms with E-state index in [1.165, 1.54) is 5.56 Å². The van der Waals surface area contributed by atoms with E-state index in [9.17, 15) is 5.11 Å². The van der Waals surface area contributed by atoms with Crippen molar-refractivity contribution in [2.45, 2.75) is 87.1 Å². The lowest BCUT2D eigenvalue weighted by atomic mass is 9.48. The van der Waals surface area contributed by atoms with Gasteiger partial charge in [-0.25, -0.2) is 0 Å². The van der Waals surface area contributed by atoms with E-state index in [1.807, 2.05) is 6.07 Å². The fourth-order valence-corrected chi connectivity index (χ4v) is 7.37. The molecule has 0 aromatic heterocycles. The zero-order valence-corrected chi connectivity index (χ0v) is 17.7. The molecule has 2 aliphatic carbocycles. The summed E-state index contributed by atoms with van der Waals surface area (Å²) < 4.78 is 25.5. The molecule has 6 rings (SSSR count). The van der Waals surface area contributed by atoms with Crippen LogP contribution in [0.25, 0.3) is 0 Å². The van der Waals surface area contributed by atoms with Gasteiger partial charge in [0.15, 0.2) is 17.6 Å². The van der Waals surface area contributed by atoms with E-state index in [1.54, 1.807) is 7.11 Å². The van der Waals surface area contributed by atoms with Gasteiger partial charge in [-0.3, -0.25) is 0 Å². The van der Waals surface area contributed by atoms with Crippen LogP contribution in [0.15, 0.2) is 12.1 Å². The summed E-state index contributed by atoms with van der Waals surface area (Å²) >= 11 is 0. The highest BCUT2D eigenvalue weighted by Crippen LogP contribution is 2.68. The SMILES string of the molecule is COc1ccc2c3c1OC1[C@]4(CCC5(O)[C@@H](C2)N(C)CC[C@]315)O[C@H](C)C[C@H](C)O4. The average molecular weight is 402 g/mol. The Morgan fingerprint density at radius 2 is 1.90 bits per heavy atom. The van der Waals surface area contributed by atoms with Crippen LogP contribution in [0, 0.1) is 0 Å². The van der Waals surface area contributed by atoms with Gasteiger partial charge in [-0.05, 0) is 64.8 Å². The molecule has 3 aliphatic heterocycles. The van der Waals surface area contributed by atoms with E-state index in [0.29, 0.717) is 12.8 Å². The van der Waals surface area contributed by atoms with Crippen LogP contribution in [0.3, 0.4) is 0 Å². The Labute approximate surface area is 172 Å². The molecule has 29 heavy (non-hydrogen) atoms. The molecule has 1 saturated carbocycles. The van der Waals surface area contributed by atoms with Crippen molar-refractivity contribution in [3.05, 3.63) is 23.3 Å². The van der Waals surface area contributed by atoms with E-state index in [-0.39, 0.29) is 24.4 Å². The molecular weight excluding hydrogens is 370 g/mol. The molecule has 5 aliphatic rings. The van der Waals surface area contributed by atoms with Crippen molar-refractivity contribution in [2.75, 3.05) is 20.7 Å². The number of ether oxygens (including phenoxy) is 4. The summed E-state index contributed by atoms with van der Waals surface area (Å²) in [6.07, 6.45) is 3.64. The summed E-state index contributed by atoms with van der Waals surface area (Å²) in [6, 6.07) is 4.24. The van der Waals surface area contributed by atoms with Crippen molar-refractivity contribution in [3.8, 4) is 11.5 Å². The van der Waals surface area contributed by atoms with Crippen LogP contribution >= 0.6 is 0 Å². The summed E-state index contributed by atoms with van der Waals surface area (Å²) in [4.78, 5) is 2.33. The van der Waals surface area contributed by atoms with Gasteiger partial charge < -0.3 is 29.0 Å². The van der Waals surface area contributed by atoms with E-state index in [2.05, 4.69) is 31.9 Å². The number of fused-ring (bicyclic) bond motifs is 1. The number of nitrogens with zero attached hydrogens (tertiary/aromatic N) is 1. The summed E-state index contributed by atoms with van der Waals surface area (Å²) in [5.74, 6) is 0.692. The number of hydrogen-bond acceptors (Lipinski definition) is 6. The molecule has 0 radical (unpaired) electrons. The number of hydrogen-bond donors (Lipinski definition) is 1. The minimum Gasteiger partial charge on any atom is -0.493 e. The Bertz CT molecular complexity index is 863. The molecule has 6 nitrogen and oxygen atoms in total. The molecule has 1 N–H and O–H groups in total. The number of methoxy groups -OCH3 is 1. The smallest absolute Gasteiger partial charge is 0.207 e. The maximum absolute atomic E-state index is 12.3. The fraction of sp³-hybridized carbons (Fsp3) is 0.739. The number of rotatable bonds is 1. The third-order valence-corrected chi connectivity index (χ3v) is 8.40. The van der Waals surface area contributed by atoms with Gasteiger partial charge in [0.2, 0.25) is 5.79 Å². The highest BCUT2D eigenvalue weighted by molar-refractivity contribution is 5.63. The Balaban J connectivity index is 1.61. The Hall–Kier alpha value is -1.34. The zero-order chi connectivity index (χ0) is 20.2. The second-order valence-electron chi connectivity index (χ2n) is 9.88. The minimum atomic E-state index is -0.864. The van der Waals surface area contributed by atoms with Crippen LogP contribution in [-0.2, 0) is 21.3 Å². The molecule has 2 spiro atoms. The second kappa shape index (κ2) is 5.67. The topological polar surface area (TPSA) is 60.4 Å². The zero-order valence-electron chi connectivity index (χ0n) is 17.7. The summed E-state index contributed by atoms with van der Waals surface area (Å²) in [7, 11) is 3.82. The van der Waals surface area contributed by atoms with Gasteiger partial charge in [0, 0.05) is 18.0 Å². The van der Waals surface area contributed by atoms with Gasteiger partial charge in [0.1, 0.15) is 0 Å². The molecule has 2 saturated heterocycles. The molecule has 3 heterocycles. The predicted molar refractivity (Wildman–Crippen MR) is 106 cm³/mol. The molecule has 3 fully saturated rings.